The average molecular weight is 399 g/mol. The molecule has 2 N–H and O–H groups in total. The zero-order valence-corrected chi connectivity index (χ0v) is 16.7. The fraction of sp³-hybridized carbons (Fsp3) is 0.333. The molecule has 3 amide bonds. The van der Waals surface area contributed by atoms with Crippen LogP contribution >= 0.6 is 0 Å². The molecule has 1 aliphatic heterocycles. The molecule has 8 nitrogen and oxygen atoms in total. The number of nitrogens with one attached hydrogen (secondary N) is 2. The van der Waals surface area contributed by atoms with Crippen LogP contribution in [0.25, 0.3) is 0 Å². The van der Waals surface area contributed by atoms with Crippen molar-refractivity contribution in [2.45, 2.75) is 19.0 Å². The summed E-state index contributed by atoms with van der Waals surface area (Å²) >= 11 is 0. The summed E-state index contributed by atoms with van der Waals surface area (Å²) < 4.78 is 15.6. The number of ether oxygens (including phenoxy) is 3. The smallest absolute Gasteiger partial charge is 0.315 e. The molecule has 2 aromatic carbocycles. The van der Waals surface area contributed by atoms with E-state index in [2.05, 4.69) is 10.6 Å². The highest BCUT2D eigenvalue weighted by atomic mass is 16.5. The first-order valence-electron chi connectivity index (χ1n) is 9.23. The van der Waals surface area contributed by atoms with Crippen molar-refractivity contribution in [3.63, 3.8) is 0 Å². The zero-order chi connectivity index (χ0) is 20.8. The highest BCUT2D eigenvalue weighted by Crippen LogP contribution is 2.33. The molecule has 3 rings (SSSR count). The third kappa shape index (κ3) is 4.90. The molecule has 1 heterocycles. The first kappa shape index (κ1) is 20.3. The van der Waals surface area contributed by atoms with Crippen LogP contribution in [0.3, 0.4) is 0 Å². The Kier molecular flexibility index (Phi) is 6.43. The minimum absolute atomic E-state index is 0.0577. The Morgan fingerprint density at radius 1 is 1.03 bits per heavy atom. The van der Waals surface area contributed by atoms with Crippen LogP contribution in [-0.4, -0.2) is 45.9 Å². The summed E-state index contributed by atoms with van der Waals surface area (Å²) in [5.41, 5.74) is 1.66. The standard InChI is InChI=1S/C21H25N3O5/c1-27-17-7-4-14(5-8-17)12-22-21(26)23-15-10-20(25)24(13-15)16-6-9-18(28-2)19(11-16)29-3/h4-9,11,15H,10,12-13H2,1-3H3,(H2,22,23,26). The Hall–Kier alpha value is -3.42. The molecule has 29 heavy (non-hydrogen) atoms. The van der Waals surface area contributed by atoms with E-state index in [9.17, 15) is 9.59 Å². The SMILES string of the molecule is COc1ccc(CNC(=O)NC2CC(=O)N(c3ccc(OC)c(OC)c3)C2)cc1. The second-order valence-corrected chi connectivity index (χ2v) is 6.62. The van der Waals surface area contributed by atoms with Crippen molar-refractivity contribution in [3.05, 3.63) is 48.0 Å². The zero-order valence-electron chi connectivity index (χ0n) is 16.7. The van der Waals surface area contributed by atoms with Crippen molar-refractivity contribution in [1.82, 2.24) is 10.6 Å². The Balaban J connectivity index is 1.55. The van der Waals surface area contributed by atoms with Gasteiger partial charge in [-0.15, -0.1) is 0 Å². The monoisotopic (exact) mass is 399 g/mol. The van der Waals surface area contributed by atoms with Crippen LogP contribution in [0.15, 0.2) is 42.5 Å². The van der Waals surface area contributed by atoms with Crippen molar-refractivity contribution in [3.8, 4) is 17.2 Å². The number of methoxy groups -OCH3 is 3. The van der Waals surface area contributed by atoms with Crippen LogP contribution in [0.2, 0.25) is 0 Å². The van der Waals surface area contributed by atoms with Gasteiger partial charge in [-0.3, -0.25) is 4.79 Å². The van der Waals surface area contributed by atoms with Gasteiger partial charge in [0.1, 0.15) is 5.75 Å². The summed E-state index contributed by atoms with van der Waals surface area (Å²) in [4.78, 5) is 26.3. The second kappa shape index (κ2) is 9.18. The quantitative estimate of drug-likeness (QED) is 0.746. The van der Waals surface area contributed by atoms with E-state index in [0.717, 1.165) is 11.3 Å². The van der Waals surface area contributed by atoms with Crippen LogP contribution in [0.4, 0.5) is 10.5 Å². The number of benzene rings is 2. The third-order valence-corrected chi connectivity index (χ3v) is 4.75. The van der Waals surface area contributed by atoms with Crippen molar-refractivity contribution in [2.75, 3.05) is 32.8 Å². The highest BCUT2D eigenvalue weighted by molar-refractivity contribution is 5.97. The van der Waals surface area contributed by atoms with Crippen molar-refractivity contribution < 1.29 is 23.8 Å². The van der Waals surface area contributed by atoms with E-state index in [4.69, 9.17) is 14.2 Å². The normalized spacial score (nSPS) is 15.8. The Morgan fingerprint density at radius 2 is 1.76 bits per heavy atom. The lowest BCUT2D eigenvalue weighted by Crippen LogP contribution is -2.43. The lowest BCUT2D eigenvalue weighted by molar-refractivity contribution is -0.117. The fourth-order valence-electron chi connectivity index (χ4n) is 3.21. The number of nitrogens with zero attached hydrogens (tertiary/aromatic N) is 1. The number of hydrogen-bond donors (Lipinski definition) is 2. The molecular formula is C21H25N3O5. The van der Waals surface area contributed by atoms with Crippen LogP contribution in [0, 0.1) is 0 Å². The van der Waals surface area contributed by atoms with Gasteiger partial charge in [-0.1, -0.05) is 12.1 Å². The van der Waals surface area contributed by atoms with E-state index in [-0.39, 0.29) is 24.4 Å². The summed E-state index contributed by atoms with van der Waals surface area (Å²) in [6.45, 7) is 0.778. The molecule has 0 aliphatic carbocycles. The molecular weight excluding hydrogens is 374 g/mol. The van der Waals surface area contributed by atoms with Gasteiger partial charge in [0.25, 0.3) is 0 Å². The lowest BCUT2D eigenvalue weighted by atomic mass is 10.2. The average Bonchev–Trinajstić information content (AvgIpc) is 3.11. The Labute approximate surface area is 169 Å². The topological polar surface area (TPSA) is 89.1 Å². The summed E-state index contributed by atoms with van der Waals surface area (Å²) in [6, 6.07) is 12.2. The van der Waals surface area contributed by atoms with E-state index >= 15 is 0 Å². The summed E-state index contributed by atoms with van der Waals surface area (Å²) in [5, 5.41) is 5.67. The number of anilines is 1. The number of rotatable bonds is 7. The number of hydrogen-bond acceptors (Lipinski definition) is 5. The van der Waals surface area contributed by atoms with E-state index < -0.39 is 0 Å². The molecule has 154 valence electrons. The van der Waals surface area contributed by atoms with E-state index in [1.165, 1.54) is 0 Å². The van der Waals surface area contributed by atoms with Gasteiger partial charge in [-0.25, -0.2) is 4.79 Å². The number of carbonyl (C=O) groups is 2. The van der Waals surface area contributed by atoms with Gasteiger partial charge in [0.15, 0.2) is 11.5 Å². The van der Waals surface area contributed by atoms with Gasteiger partial charge in [0, 0.05) is 31.3 Å². The third-order valence-electron chi connectivity index (χ3n) is 4.75. The molecule has 0 saturated carbocycles. The molecule has 8 heteroatoms. The summed E-state index contributed by atoms with van der Waals surface area (Å²) in [5.74, 6) is 1.84. The lowest BCUT2D eigenvalue weighted by Gasteiger charge is -2.19. The maximum Gasteiger partial charge on any atom is 0.315 e. The Bertz CT molecular complexity index is 869. The maximum absolute atomic E-state index is 12.4. The molecule has 1 atom stereocenters. The molecule has 1 saturated heterocycles. The molecule has 1 fully saturated rings. The van der Waals surface area contributed by atoms with Gasteiger partial charge in [-0.05, 0) is 29.8 Å². The first-order chi connectivity index (χ1) is 14.0. The molecule has 1 unspecified atom stereocenters. The minimum atomic E-state index is -0.312. The van der Waals surface area contributed by atoms with Gasteiger partial charge in [0.05, 0.1) is 27.4 Å². The largest absolute Gasteiger partial charge is 0.497 e. The minimum Gasteiger partial charge on any atom is -0.497 e. The molecule has 0 spiro atoms. The predicted molar refractivity (Wildman–Crippen MR) is 109 cm³/mol. The molecule has 1 aliphatic rings. The summed E-state index contributed by atoms with van der Waals surface area (Å²) in [7, 11) is 4.71. The van der Waals surface area contributed by atoms with E-state index in [0.29, 0.717) is 30.3 Å². The van der Waals surface area contributed by atoms with Crippen molar-refractivity contribution in [1.29, 1.82) is 0 Å². The molecule has 0 radical (unpaired) electrons. The van der Waals surface area contributed by atoms with Crippen molar-refractivity contribution in [2.24, 2.45) is 0 Å². The van der Waals surface area contributed by atoms with Gasteiger partial charge < -0.3 is 29.7 Å². The van der Waals surface area contributed by atoms with Gasteiger partial charge in [-0.2, -0.15) is 0 Å². The Morgan fingerprint density at radius 3 is 2.41 bits per heavy atom. The van der Waals surface area contributed by atoms with Crippen LogP contribution in [0.5, 0.6) is 17.2 Å². The summed E-state index contributed by atoms with van der Waals surface area (Å²) in [6.07, 6.45) is 0.240. The van der Waals surface area contributed by atoms with E-state index in [1.807, 2.05) is 24.3 Å². The molecule has 2 aromatic rings. The van der Waals surface area contributed by atoms with Crippen molar-refractivity contribution >= 4 is 17.6 Å². The molecule has 0 aromatic heterocycles. The van der Waals surface area contributed by atoms with Crippen LogP contribution in [-0.2, 0) is 11.3 Å². The first-order valence-corrected chi connectivity index (χ1v) is 9.23. The van der Waals surface area contributed by atoms with E-state index in [1.54, 1.807) is 44.4 Å². The highest BCUT2D eigenvalue weighted by Gasteiger charge is 2.32. The number of amides is 3. The predicted octanol–water partition coefficient (Wildman–Crippen LogP) is 2.32. The van der Waals surface area contributed by atoms with Gasteiger partial charge >= 0.3 is 6.03 Å². The number of carbonyl (C=O) groups excluding carboxylic acids is 2. The molecule has 0 bridgehead atoms. The number of urea groups is 1. The fourth-order valence-corrected chi connectivity index (χ4v) is 3.21. The van der Waals surface area contributed by atoms with Gasteiger partial charge in [0.2, 0.25) is 5.91 Å². The maximum atomic E-state index is 12.4. The second-order valence-electron chi connectivity index (χ2n) is 6.62. The van der Waals surface area contributed by atoms with Crippen LogP contribution < -0.4 is 29.7 Å². The van der Waals surface area contributed by atoms with Crippen LogP contribution in [0.1, 0.15) is 12.0 Å².